The van der Waals surface area contributed by atoms with Crippen molar-refractivity contribution in [1.29, 1.82) is 0 Å². The highest BCUT2D eigenvalue weighted by molar-refractivity contribution is 5.22. The molecule has 0 spiro atoms. The highest BCUT2D eigenvalue weighted by Crippen LogP contribution is 2.18. The molecule has 2 nitrogen and oxygen atoms in total. The summed E-state index contributed by atoms with van der Waals surface area (Å²) in [6.45, 7) is 9.32. The van der Waals surface area contributed by atoms with Crippen LogP contribution in [0.5, 0.6) is 0 Å². The first-order chi connectivity index (χ1) is 8.51. The predicted molar refractivity (Wildman–Crippen MR) is 77.8 cm³/mol. The van der Waals surface area contributed by atoms with Gasteiger partial charge in [0.2, 0.25) is 0 Å². The fourth-order valence-corrected chi connectivity index (χ4v) is 1.64. The summed E-state index contributed by atoms with van der Waals surface area (Å²) in [7, 11) is 1.98. The van der Waals surface area contributed by atoms with Crippen molar-refractivity contribution in [1.82, 2.24) is 5.32 Å². The van der Waals surface area contributed by atoms with Gasteiger partial charge in [-0.3, -0.25) is 0 Å². The molecule has 1 aromatic carbocycles. The zero-order valence-electron chi connectivity index (χ0n) is 12.3. The van der Waals surface area contributed by atoms with Gasteiger partial charge in [-0.25, -0.2) is 0 Å². The van der Waals surface area contributed by atoms with Gasteiger partial charge in [0.05, 0.1) is 6.61 Å². The Morgan fingerprint density at radius 1 is 1.06 bits per heavy atom. The summed E-state index contributed by atoms with van der Waals surface area (Å²) in [6, 6.07) is 8.73. The SMILES string of the molecule is CNCCc1ccc(COCCC(C)(C)C)cc1. The van der Waals surface area contributed by atoms with Gasteiger partial charge in [0.15, 0.2) is 0 Å². The van der Waals surface area contributed by atoms with Crippen LogP contribution >= 0.6 is 0 Å². The molecule has 0 aliphatic carbocycles. The quantitative estimate of drug-likeness (QED) is 0.748. The van der Waals surface area contributed by atoms with E-state index in [1.165, 1.54) is 11.1 Å². The first-order valence-electron chi connectivity index (χ1n) is 6.81. The van der Waals surface area contributed by atoms with Crippen LogP contribution in [0, 0.1) is 5.41 Å². The normalized spacial score (nSPS) is 11.8. The Labute approximate surface area is 112 Å². The highest BCUT2D eigenvalue weighted by atomic mass is 16.5. The molecule has 0 aliphatic rings. The van der Waals surface area contributed by atoms with E-state index in [0.29, 0.717) is 5.41 Å². The lowest BCUT2D eigenvalue weighted by Gasteiger charge is -2.17. The van der Waals surface area contributed by atoms with Crippen LogP contribution in [0.2, 0.25) is 0 Å². The van der Waals surface area contributed by atoms with Crippen LogP contribution in [0.25, 0.3) is 0 Å². The Hall–Kier alpha value is -0.860. The maximum Gasteiger partial charge on any atom is 0.0716 e. The third kappa shape index (κ3) is 6.77. The second-order valence-corrected chi connectivity index (χ2v) is 6.03. The van der Waals surface area contributed by atoms with Crippen LogP contribution in [-0.2, 0) is 17.8 Å². The van der Waals surface area contributed by atoms with E-state index in [2.05, 4.69) is 50.4 Å². The minimum Gasteiger partial charge on any atom is -0.377 e. The average Bonchev–Trinajstić information content (AvgIpc) is 2.32. The first-order valence-corrected chi connectivity index (χ1v) is 6.81. The molecule has 0 saturated carbocycles. The summed E-state index contributed by atoms with van der Waals surface area (Å²) in [6.07, 6.45) is 2.19. The van der Waals surface area contributed by atoms with E-state index in [9.17, 15) is 0 Å². The molecule has 2 heteroatoms. The summed E-state index contributed by atoms with van der Waals surface area (Å²) >= 11 is 0. The largest absolute Gasteiger partial charge is 0.377 e. The van der Waals surface area contributed by atoms with E-state index in [1.54, 1.807) is 0 Å². The Bertz CT molecular complexity index is 324. The van der Waals surface area contributed by atoms with Crippen LogP contribution in [0.15, 0.2) is 24.3 Å². The Kier molecular flexibility index (Phi) is 6.37. The molecule has 102 valence electrons. The van der Waals surface area contributed by atoms with Gasteiger partial charge in [-0.05, 0) is 43.0 Å². The molecule has 1 N–H and O–H groups in total. The first kappa shape index (κ1) is 15.2. The standard InChI is InChI=1S/C16H27NO/c1-16(2,3)10-12-18-13-15-7-5-14(6-8-15)9-11-17-4/h5-8,17H,9-13H2,1-4H3. The smallest absolute Gasteiger partial charge is 0.0716 e. The van der Waals surface area contributed by atoms with Gasteiger partial charge in [0.25, 0.3) is 0 Å². The van der Waals surface area contributed by atoms with Crippen molar-refractivity contribution in [3.63, 3.8) is 0 Å². The van der Waals surface area contributed by atoms with Crippen LogP contribution < -0.4 is 5.32 Å². The summed E-state index contributed by atoms with van der Waals surface area (Å²) in [5, 5.41) is 3.16. The number of ether oxygens (including phenoxy) is 1. The molecule has 0 unspecified atom stereocenters. The van der Waals surface area contributed by atoms with Crippen molar-refractivity contribution in [3.05, 3.63) is 35.4 Å². The Morgan fingerprint density at radius 3 is 2.22 bits per heavy atom. The topological polar surface area (TPSA) is 21.3 Å². The number of hydrogen-bond acceptors (Lipinski definition) is 2. The zero-order chi connectivity index (χ0) is 13.4. The van der Waals surface area contributed by atoms with E-state index >= 15 is 0 Å². The monoisotopic (exact) mass is 249 g/mol. The number of hydrogen-bond donors (Lipinski definition) is 1. The molecule has 0 aliphatic heterocycles. The molecule has 0 atom stereocenters. The third-order valence-corrected chi connectivity index (χ3v) is 2.95. The second kappa shape index (κ2) is 7.55. The molecular weight excluding hydrogens is 222 g/mol. The van der Waals surface area contributed by atoms with Crippen molar-refractivity contribution in [2.24, 2.45) is 5.41 Å². The molecule has 0 bridgehead atoms. The fourth-order valence-electron chi connectivity index (χ4n) is 1.64. The van der Waals surface area contributed by atoms with Gasteiger partial charge < -0.3 is 10.1 Å². The fraction of sp³-hybridized carbons (Fsp3) is 0.625. The summed E-state index contributed by atoms with van der Waals surface area (Å²) in [5.74, 6) is 0. The Morgan fingerprint density at radius 2 is 1.67 bits per heavy atom. The van der Waals surface area contributed by atoms with Crippen molar-refractivity contribution < 1.29 is 4.74 Å². The summed E-state index contributed by atoms with van der Waals surface area (Å²) in [4.78, 5) is 0. The molecular formula is C16H27NO. The minimum absolute atomic E-state index is 0.358. The van der Waals surface area contributed by atoms with Gasteiger partial charge in [0, 0.05) is 6.61 Å². The average molecular weight is 249 g/mol. The lowest BCUT2D eigenvalue weighted by Crippen LogP contribution is -2.10. The zero-order valence-corrected chi connectivity index (χ0v) is 12.3. The van der Waals surface area contributed by atoms with Crippen molar-refractivity contribution in [2.45, 2.75) is 40.2 Å². The lowest BCUT2D eigenvalue weighted by molar-refractivity contribution is 0.0962. The molecule has 0 saturated heterocycles. The van der Waals surface area contributed by atoms with Gasteiger partial charge in [-0.2, -0.15) is 0 Å². The lowest BCUT2D eigenvalue weighted by atomic mass is 9.93. The van der Waals surface area contributed by atoms with Crippen LogP contribution in [-0.4, -0.2) is 20.2 Å². The van der Waals surface area contributed by atoms with E-state index in [0.717, 1.165) is 32.6 Å². The Balaban J connectivity index is 2.26. The van der Waals surface area contributed by atoms with Gasteiger partial charge in [-0.1, -0.05) is 45.0 Å². The van der Waals surface area contributed by atoms with Crippen molar-refractivity contribution in [2.75, 3.05) is 20.2 Å². The van der Waals surface area contributed by atoms with Gasteiger partial charge >= 0.3 is 0 Å². The maximum atomic E-state index is 5.70. The van der Waals surface area contributed by atoms with Gasteiger partial charge in [-0.15, -0.1) is 0 Å². The summed E-state index contributed by atoms with van der Waals surface area (Å²) in [5.41, 5.74) is 3.00. The van der Waals surface area contributed by atoms with E-state index in [4.69, 9.17) is 4.74 Å². The van der Waals surface area contributed by atoms with E-state index in [-0.39, 0.29) is 0 Å². The molecule has 0 amide bonds. The summed E-state index contributed by atoms with van der Waals surface area (Å²) < 4.78 is 5.70. The number of likely N-dealkylation sites (N-methyl/N-ethyl adjacent to an activating group) is 1. The van der Waals surface area contributed by atoms with E-state index in [1.807, 2.05) is 7.05 Å². The second-order valence-electron chi connectivity index (χ2n) is 6.03. The van der Waals surface area contributed by atoms with E-state index < -0.39 is 0 Å². The number of benzene rings is 1. The molecule has 0 fully saturated rings. The van der Waals surface area contributed by atoms with Crippen molar-refractivity contribution in [3.8, 4) is 0 Å². The van der Waals surface area contributed by atoms with Gasteiger partial charge in [0.1, 0.15) is 0 Å². The highest BCUT2D eigenvalue weighted by Gasteiger charge is 2.09. The molecule has 1 rings (SSSR count). The minimum atomic E-state index is 0.358. The van der Waals surface area contributed by atoms with Crippen LogP contribution in [0.3, 0.4) is 0 Å². The van der Waals surface area contributed by atoms with Crippen LogP contribution in [0.1, 0.15) is 38.3 Å². The molecule has 0 heterocycles. The van der Waals surface area contributed by atoms with Crippen molar-refractivity contribution >= 4 is 0 Å². The molecule has 0 radical (unpaired) electrons. The predicted octanol–water partition coefficient (Wildman–Crippen LogP) is 3.40. The van der Waals surface area contributed by atoms with Crippen LogP contribution in [0.4, 0.5) is 0 Å². The number of nitrogens with one attached hydrogen (secondary N) is 1. The third-order valence-electron chi connectivity index (χ3n) is 2.95. The number of rotatable bonds is 7. The molecule has 1 aromatic rings. The maximum absolute atomic E-state index is 5.70. The molecule has 0 aromatic heterocycles. The molecule has 18 heavy (non-hydrogen) atoms.